The Morgan fingerprint density at radius 3 is 2.00 bits per heavy atom. The van der Waals surface area contributed by atoms with Gasteiger partial charge in [-0.15, -0.1) is 0 Å². The fraction of sp³-hybridized carbons (Fsp3) is 0.200. The highest BCUT2D eigenvalue weighted by Crippen LogP contribution is 2.24. The molecule has 3 rings (SSSR count). The summed E-state index contributed by atoms with van der Waals surface area (Å²) in [6.07, 6.45) is 0. The van der Waals surface area contributed by atoms with Crippen LogP contribution in [0.2, 0.25) is 0 Å². The number of carbonyl (C=O) groups is 2. The van der Waals surface area contributed by atoms with Crippen LogP contribution in [0.3, 0.4) is 0 Å². The number of methoxy groups -OCH3 is 2. The van der Waals surface area contributed by atoms with Gasteiger partial charge in [0.1, 0.15) is 18.1 Å². The van der Waals surface area contributed by atoms with E-state index in [0.717, 1.165) is 11.1 Å². The quantitative estimate of drug-likeness (QED) is 0.397. The van der Waals surface area contributed by atoms with Crippen molar-refractivity contribution < 1.29 is 23.8 Å². The Hall–Kier alpha value is -3.84. The second-order valence-corrected chi connectivity index (χ2v) is 6.91. The molecule has 2 N–H and O–H groups in total. The lowest BCUT2D eigenvalue weighted by atomic mass is 9.98. The molecule has 3 aromatic carbocycles. The average Bonchev–Trinajstić information content (AvgIpc) is 2.84. The molecule has 0 fully saturated rings. The van der Waals surface area contributed by atoms with Crippen molar-refractivity contribution in [2.45, 2.75) is 6.04 Å². The van der Waals surface area contributed by atoms with Crippen LogP contribution in [0.1, 0.15) is 17.2 Å². The molecule has 7 nitrogen and oxygen atoms in total. The van der Waals surface area contributed by atoms with Crippen molar-refractivity contribution in [2.75, 3.05) is 32.8 Å². The zero-order valence-corrected chi connectivity index (χ0v) is 18.0. The van der Waals surface area contributed by atoms with Gasteiger partial charge in [0.15, 0.2) is 0 Å². The Labute approximate surface area is 187 Å². The minimum atomic E-state index is -0.757. The van der Waals surface area contributed by atoms with Crippen molar-refractivity contribution in [3.63, 3.8) is 0 Å². The van der Waals surface area contributed by atoms with E-state index in [1.54, 1.807) is 38.5 Å². The molecule has 3 aromatic rings. The molecule has 0 aliphatic heterocycles. The number of hydrogen-bond acceptors (Lipinski definition) is 5. The van der Waals surface area contributed by atoms with E-state index in [0.29, 0.717) is 30.4 Å². The number of amides is 2. The molecule has 0 aromatic heterocycles. The second kappa shape index (κ2) is 11.5. The number of benzene rings is 3. The lowest BCUT2D eigenvalue weighted by molar-refractivity contribution is -0.136. The first-order valence-electron chi connectivity index (χ1n) is 10.1. The molecule has 0 heterocycles. The van der Waals surface area contributed by atoms with E-state index in [1.165, 1.54) is 0 Å². The van der Waals surface area contributed by atoms with Gasteiger partial charge < -0.3 is 24.8 Å². The number of ether oxygens (including phenoxy) is 3. The van der Waals surface area contributed by atoms with Crippen LogP contribution in [-0.4, -0.2) is 39.2 Å². The Morgan fingerprint density at radius 1 is 0.750 bits per heavy atom. The van der Waals surface area contributed by atoms with Crippen LogP contribution in [0.4, 0.5) is 5.69 Å². The van der Waals surface area contributed by atoms with Crippen LogP contribution < -0.4 is 20.1 Å². The van der Waals surface area contributed by atoms with E-state index in [2.05, 4.69) is 10.6 Å². The van der Waals surface area contributed by atoms with E-state index in [9.17, 15) is 9.59 Å². The predicted octanol–water partition coefficient (Wildman–Crippen LogP) is 3.56. The van der Waals surface area contributed by atoms with Gasteiger partial charge in [0, 0.05) is 12.8 Å². The maximum absolute atomic E-state index is 12.7. The largest absolute Gasteiger partial charge is 0.497 e. The monoisotopic (exact) mass is 434 g/mol. The van der Waals surface area contributed by atoms with Gasteiger partial charge in [-0.05, 0) is 47.5 Å². The van der Waals surface area contributed by atoms with Gasteiger partial charge in [-0.1, -0.05) is 42.5 Å². The Balaban J connectivity index is 1.68. The predicted molar refractivity (Wildman–Crippen MR) is 122 cm³/mol. The third-order valence-corrected chi connectivity index (χ3v) is 4.73. The summed E-state index contributed by atoms with van der Waals surface area (Å²) in [6.45, 7) is 0.909. The number of nitrogens with one attached hydrogen (secondary N) is 2. The fourth-order valence-corrected chi connectivity index (χ4v) is 3.06. The van der Waals surface area contributed by atoms with Crippen molar-refractivity contribution in [1.29, 1.82) is 0 Å². The van der Waals surface area contributed by atoms with Gasteiger partial charge in [0.05, 0.1) is 19.8 Å². The minimum absolute atomic E-state index is 0.427. The molecule has 0 bridgehead atoms. The lowest BCUT2D eigenvalue weighted by Gasteiger charge is -2.20. The Kier molecular flexibility index (Phi) is 8.22. The summed E-state index contributed by atoms with van der Waals surface area (Å²) in [7, 11) is 3.19. The first-order valence-corrected chi connectivity index (χ1v) is 10.1. The molecule has 7 heteroatoms. The maximum Gasteiger partial charge on any atom is 0.313 e. The van der Waals surface area contributed by atoms with Crippen LogP contribution in [0, 0.1) is 0 Å². The molecule has 0 aliphatic rings. The van der Waals surface area contributed by atoms with Crippen LogP contribution in [0.25, 0.3) is 0 Å². The van der Waals surface area contributed by atoms with Crippen LogP contribution >= 0.6 is 0 Å². The highest BCUT2D eigenvalue weighted by Gasteiger charge is 2.21. The summed E-state index contributed by atoms with van der Waals surface area (Å²) in [4.78, 5) is 25.2. The highest BCUT2D eigenvalue weighted by molar-refractivity contribution is 6.39. The number of rotatable bonds is 9. The lowest BCUT2D eigenvalue weighted by Crippen LogP contribution is -2.38. The van der Waals surface area contributed by atoms with Gasteiger partial charge in [-0.25, -0.2) is 0 Å². The molecule has 166 valence electrons. The zero-order valence-electron chi connectivity index (χ0n) is 18.0. The van der Waals surface area contributed by atoms with Gasteiger partial charge in [-0.3, -0.25) is 9.59 Å². The van der Waals surface area contributed by atoms with Crippen molar-refractivity contribution in [2.24, 2.45) is 0 Å². The topological polar surface area (TPSA) is 85.9 Å². The van der Waals surface area contributed by atoms with Crippen molar-refractivity contribution in [1.82, 2.24) is 5.32 Å². The van der Waals surface area contributed by atoms with E-state index in [4.69, 9.17) is 14.2 Å². The van der Waals surface area contributed by atoms with Crippen molar-refractivity contribution >= 4 is 17.5 Å². The van der Waals surface area contributed by atoms with Crippen molar-refractivity contribution in [3.05, 3.63) is 90.0 Å². The molecule has 0 radical (unpaired) electrons. The highest BCUT2D eigenvalue weighted by atomic mass is 16.5. The van der Waals surface area contributed by atoms with E-state index in [-0.39, 0.29) is 0 Å². The summed E-state index contributed by atoms with van der Waals surface area (Å²) in [5.74, 6) is -0.144. The summed E-state index contributed by atoms with van der Waals surface area (Å²) in [5.41, 5.74) is 2.18. The standard InChI is InChI=1S/C25H26N2O5/c1-30-16-17-32-22-14-10-20(11-15-22)26-24(28)25(29)27-23(18-6-4-3-5-7-18)19-8-12-21(31-2)13-9-19/h3-15,23H,16-17H2,1-2H3,(H,26,28)(H,27,29)/t23-/m1/s1. The molecular weight excluding hydrogens is 408 g/mol. The minimum Gasteiger partial charge on any atom is -0.497 e. The number of hydrogen-bond donors (Lipinski definition) is 2. The third kappa shape index (κ3) is 6.33. The van der Waals surface area contributed by atoms with Crippen LogP contribution in [0.15, 0.2) is 78.9 Å². The van der Waals surface area contributed by atoms with E-state index < -0.39 is 17.9 Å². The Morgan fingerprint density at radius 2 is 1.38 bits per heavy atom. The number of carbonyl (C=O) groups excluding carboxylic acids is 2. The van der Waals surface area contributed by atoms with Gasteiger partial charge in [0.25, 0.3) is 0 Å². The molecule has 32 heavy (non-hydrogen) atoms. The summed E-state index contributed by atoms with van der Waals surface area (Å²) in [6, 6.07) is 23.1. The van der Waals surface area contributed by atoms with E-state index >= 15 is 0 Å². The normalized spacial score (nSPS) is 11.3. The molecule has 2 amide bonds. The average molecular weight is 434 g/mol. The molecule has 0 unspecified atom stereocenters. The van der Waals surface area contributed by atoms with Gasteiger partial charge in [-0.2, -0.15) is 0 Å². The second-order valence-electron chi connectivity index (χ2n) is 6.91. The smallest absolute Gasteiger partial charge is 0.313 e. The van der Waals surface area contributed by atoms with Gasteiger partial charge in [0.2, 0.25) is 0 Å². The summed E-state index contributed by atoms with van der Waals surface area (Å²) >= 11 is 0. The molecular formula is C25H26N2O5. The van der Waals surface area contributed by atoms with Crippen LogP contribution in [-0.2, 0) is 14.3 Å². The fourth-order valence-electron chi connectivity index (χ4n) is 3.06. The number of anilines is 1. The van der Waals surface area contributed by atoms with Gasteiger partial charge >= 0.3 is 11.8 Å². The summed E-state index contributed by atoms with van der Waals surface area (Å²) < 4.78 is 15.6. The molecule has 0 aliphatic carbocycles. The maximum atomic E-state index is 12.7. The zero-order chi connectivity index (χ0) is 22.8. The first kappa shape index (κ1) is 22.8. The van der Waals surface area contributed by atoms with Crippen LogP contribution in [0.5, 0.6) is 11.5 Å². The molecule has 1 atom stereocenters. The van der Waals surface area contributed by atoms with Crippen molar-refractivity contribution in [3.8, 4) is 11.5 Å². The Bertz CT molecular complexity index is 1000. The van der Waals surface area contributed by atoms with E-state index in [1.807, 2.05) is 54.6 Å². The molecule has 0 saturated carbocycles. The third-order valence-electron chi connectivity index (χ3n) is 4.73. The molecule has 0 saturated heterocycles. The SMILES string of the molecule is COCCOc1ccc(NC(=O)C(=O)N[C@H](c2ccccc2)c2ccc(OC)cc2)cc1. The molecule has 0 spiro atoms. The summed E-state index contributed by atoms with van der Waals surface area (Å²) in [5, 5.41) is 5.43. The first-order chi connectivity index (χ1) is 15.6.